The topological polar surface area (TPSA) is 50.2 Å². The quantitative estimate of drug-likeness (QED) is 0.936. The number of hydrogen-bond donors (Lipinski definition) is 1. The SMILES string of the molecule is CNC[C@H]1CCCN(C(=O)c2ccn(-c3ccccc3Cl)n2)C1. The number of benzene rings is 1. The van der Waals surface area contributed by atoms with Crippen LogP contribution in [0.2, 0.25) is 5.02 Å². The summed E-state index contributed by atoms with van der Waals surface area (Å²) >= 11 is 6.19. The molecule has 2 aromatic rings. The fourth-order valence-electron chi connectivity index (χ4n) is 3.08. The number of nitrogens with one attached hydrogen (secondary N) is 1. The van der Waals surface area contributed by atoms with Crippen molar-refractivity contribution in [2.75, 3.05) is 26.7 Å². The summed E-state index contributed by atoms with van der Waals surface area (Å²) in [6, 6.07) is 9.22. The molecule has 23 heavy (non-hydrogen) atoms. The van der Waals surface area contributed by atoms with Gasteiger partial charge in [-0.25, -0.2) is 4.68 Å². The van der Waals surface area contributed by atoms with Crippen molar-refractivity contribution in [2.24, 2.45) is 5.92 Å². The van der Waals surface area contributed by atoms with Crippen molar-refractivity contribution in [3.8, 4) is 5.69 Å². The predicted octanol–water partition coefficient (Wildman–Crippen LogP) is 2.60. The molecular formula is C17H21ClN4O. The summed E-state index contributed by atoms with van der Waals surface area (Å²) in [7, 11) is 1.95. The van der Waals surface area contributed by atoms with Crippen LogP contribution in [0.15, 0.2) is 36.5 Å². The zero-order valence-electron chi connectivity index (χ0n) is 13.2. The molecule has 1 atom stereocenters. The standard InChI is InChI=1S/C17H21ClN4O/c1-19-11-13-5-4-9-21(12-13)17(23)15-8-10-22(20-15)16-7-3-2-6-14(16)18/h2-3,6-8,10,13,19H,4-5,9,11-12H2,1H3/t13-/m1/s1. The van der Waals surface area contributed by atoms with E-state index in [1.807, 2.05) is 36.2 Å². The molecule has 0 unspecified atom stereocenters. The van der Waals surface area contributed by atoms with Gasteiger partial charge >= 0.3 is 0 Å². The Labute approximate surface area is 141 Å². The molecule has 1 amide bonds. The zero-order valence-corrected chi connectivity index (χ0v) is 14.0. The van der Waals surface area contributed by atoms with E-state index < -0.39 is 0 Å². The van der Waals surface area contributed by atoms with Crippen molar-refractivity contribution in [3.05, 3.63) is 47.2 Å². The van der Waals surface area contributed by atoms with Gasteiger partial charge in [0.25, 0.3) is 5.91 Å². The molecule has 122 valence electrons. The van der Waals surface area contributed by atoms with Crippen LogP contribution < -0.4 is 5.32 Å². The van der Waals surface area contributed by atoms with E-state index in [0.29, 0.717) is 16.6 Å². The third-order valence-electron chi connectivity index (χ3n) is 4.21. The third kappa shape index (κ3) is 3.57. The molecule has 1 fully saturated rings. The van der Waals surface area contributed by atoms with Gasteiger partial charge < -0.3 is 10.2 Å². The third-order valence-corrected chi connectivity index (χ3v) is 4.53. The summed E-state index contributed by atoms with van der Waals surface area (Å²) < 4.78 is 1.66. The number of hydrogen-bond acceptors (Lipinski definition) is 3. The second-order valence-electron chi connectivity index (χ2n) is 5.91. The largest absolute Gasteiger partial charge is 0.337 e. The van der Waals surface area contributed by atoms with Crippen LogP contribution in [-0.4, -0.2) is 47.3 Å². The highest BCUT2D eigenvalue weighted by Gasteiger charge is 2.25. The first-order chi connectivity index (χ1) is 11.2. The molecule has 5 nitrogen and oxygen atoms in total. The van der Waals surface area contributed by atoms with Crippen molar-refractivity contribution >= 4 is 17.5 Å². The molecule has 1 aromatic carbocycles. The van der Waals surface area contributed by atoms with Gasteiger partial charge in [-0.3, -0.25) is 4.79 Å². The maximum absolute atomic E-state index is 12.7. The van der Waals surface area contributed by atoms with E-state index >= 15 is 0 Å². The summed E-state index contributed by atoms with van der Waals surface area (Å²) in [6.07, 6.45) is 3.99. The molecule has 1 aliphatic rings. The first-order valence-electron chi connectivity index (χ1n) is 7.93. The Kier molecular flexibility index (Phi) is 4.98. The number of para-hydroxylation sites is 1. The molecule has 2 heterocycles. The monoisotopic (exact) mass is 332 g/mol. The van der Waals surface area contributed by atoms with E-state index in [0.717, 1.165) is 31.7 Å². The smallest absolute Gasteiger partial charge is 0.274 e. The minimum absolute atomic E-state index is 0.00314. The van der Waals surface area contributed by atoms with Crippen LogP contribution in [0.3, 0.4) is 0 Å². The second-order valence-corrected chi connectivity index (χ2v) is 6.32. The van der Waals surface area contributed by atoms with Crippen molar-refractivity contribution in [2.45, 2.75) is 12.8 Å². The lowest BCUT2D eigenvalue weighted by Crippen LogP contribution is -2.42. The molecule has 0 radical (unpaired) electrons. The van der Waals surface area contributed by atoms with Gasteiger partial charge in [0.15, 0.2) is 5.69 Å². The lowest BCUT2D eigenvalue weighted by Gasteiger charge is -2.32. The number of amides is 1. The minimum atomic E-state index is -0.00314. The van der Waals surface area contributed by atoms with E-state index in [4.69, 9.17) is 11.6 Å². The normalized spacial score (nSPS) is 18.2. The Hall–Kier alpha value is -1.85. The van der Waals surface area contributed by atoms with E-state index in [2.05, 4.69) is 10.4 Å². The molecule has 0 bridgehead atoms. The number of likely N-dealkylation sites (tertiary alicyclic amines) is 1. The fraction of sp³-hybridized carbons (Fsp3) is 0.412. The molecule has 6 heteroatoms. The highest BCUT2D eigenvalue weighted by Crippen LogP contribution is 2.21. The van der Waals surface area contributed by atoms with Crippen molar-refractivity contribution < 1.29 is 4.79 Å². The number of halogens is 1. The van der Waals surface area contributed by atoms with E-state index in [9.17, 15) is 4.79 Å². The lowest BCUT2D eigenvalue weighted by atomic mass is 9.98. The number of nitrogens with zero attached hydrogens (tertiary/aromatic N) is 3. The number of carbonyl (C=O) groups excluding carboxylic acids is 1. The summed E-state index contributed by atoms with van der Waals surface area (Å²) in [5, 5.41) is 8.22. The van der Waals surface area contributed by atoms with Crippen LogP contribution in [0.4, 0.5) is 0 Å². The first kappa shape index (κ1) is 16.0. The Balaban J connectivity index is 1.75. The van der Waals surface area contributed by atoms with E-state index in [1.54, 1.807) is 16.9 Å². The van der Waals surface area contributed by atoms with Crippen LogP contribution in [0, 0.1) is 5.92 Å². The van der Waals surface area contributed by atoms with Gasteiger partial charge in [-0.2, -0.15) is 5.10 Å². The van der Waals surface area contributed by atoms with Gasteiger partial charge in [0.05, 0.1) is 10.7 Å². The van der Waals surface area contributed by atoms with Crippen LogP contribution in [-0.2, 0) is 0 Å². The first-order valence-corrected chi connectivity index (χ1v) is 8.31. The Morgan fingerprint density at radius 3 is 3.00 bits per heavy atom. The number of piperidine rings is 1. The van der Waals surface area contributed by atoms with Crippen LogP contribution in [0.25, 0.3) is 5.69 Å². The molecule has 1 aromatic heterocycles. The maximum Gasteiger partial charge on any atom is 0.274 e. The van der Waals surface area contributed by atoms with Crippen molar-refractivity contribution in [1.29, 1.82) is 0 Å². The molecule has 1 saturated heterocycles. The summed E-state index contributed by atoms with van der Waals surface area (Å²) in [5.41, 5.74) is 1.25. The number of aromatic nitrogens is 2. The molecule has 0 aliphatic carbocycles. The molecule has 3 rings (SSSR count). The van der Waals surface area contributed by atoms with Crippen molar-refractivity contribution in [1.82, 2.24) is 20.0 Å². The van der Waals surface area contributed by atoms with Gasteiger partial charge in [-0.05, 0) is 50.6 Å². The zero-order chi connectivity index (χ0) is 16.2. The van der Waals surface area contributed by atoms with Crippen LogP contribution in [0.1, 0.15) is 23.3 Å². The Morgan fingerprint density at radius 2 is 2.22 bits per heavy atom. The average Bonchev–Trinajstić information content (AvgIpc) is 3.05. The van der Waals surface area contributed by atoms with Gasteiger partial charge in [0.1, 0.15) is 0 Å². The van der Waals surface area contributed by atoms with Crippen LogP contribution >= 0.6 is 11.6 Å². The predicted molar refractivity (Wildman–Crippen MR) is 91.1 cm³/mol. The summed E-state index contributed by atoms with van der Waals surface area (Å²) in [5.74, 6) is 0.514. The second kappa shape index (κ2) is 7.15. The summed E-state index contributed by atoms with van der Waals surface area (Å²) in [6.45, 7) is 2.54. The van der Waals surface area contributed by atoms with Gasteiger partial charge in [0, 0.05) is 19.3 Å². The number of carbonyl (C=O) groups is 1. The van der Waals surface area contributed by atoms with E-state index in [1.165, 1.54) is 6.42 Å². The van der Waals surface area contributed by atoms with Gasteiger partial charge in [-0.15, -0.1) is 0 Å². The minimum Gasteiger partial charge on any atom is -0.337 e. The Morgan fingerprint density at radius 1 is 1.39 bits per heavy atom. The maximum atomic E-state index is 12.7. The van der Waals surface area contributed by atoms with Gasteiger partial charge in [0.2, 0.25) is 0 Å². The van der Waals surface area contributed by atoms with Crippen LogP contribution in [0.5, 0.6) is 0 Å². The highest BCUT2D eigenvalue weighted by molar-refractivity contribution is 6.32. The fourth-order valence-corrected chi connectivity index (χ4v) is 3.30. The van der Waals surface area contributed by atoms with Crippen molar-refractivity contribution in [3.63, 3.8) is 0 Å². The van der Waals surface area contributed by atoms with Gasteiger partial charge in [-0.1, -0.05) is 23.7 Å². The molecular weight excluding hydrogens is 312 g/mol. The Bertz CT molecular complexity index is 683. The molecule has 1 aliphatic heterocycles. The number of rotatable bonds is 4. The summed E-state index contributed by atoms with van der Waals surface area (Å²) in [4.78, 5) is 14.6. The molecule has 0 saturated carbocycles. The highest BCUT2D eigenvalue weighted by atomic mass is 35.5. The lowest BCUT2D eigenvalue weighted by molar-refractivity contribution is 0.0668. The molecule has 1 N–H and O–H groups in total. The average molecular weight is 333 g/mol. The molecule has 0 spiro atoms. The van der Waals surface area contributed by atoms with E-state index in [-0.39, 0.29) is 5.91 Å².